The molecule has 0 amide bonds. The molecule has 0 aliphatic heterocycles. The van der Waals surface area contributed by atoms with Gasteiger partial charge >= 0.3 is 10.1 Å². The second-order valence-electron chi connectivity index (χ2n) is 3.68. The maximum absolute atomic E-state index is 11.3. The van der Waals surface area contributed by atoms with Crippen LogP contribution in [0.5, 0.6) is 11.5 Å². The highest BCUT2D eigenvalue weighted by Gasteiger charge is 2.24. The molecule has 5 nitrogen and oxygen atoms in total. The molecule has 0 fully saturated rings. The van der Waals surface area contributed by atoms with E-state index in [0.29, 0.717) is 10.8 Å². The third kappa shape index (κ3) is 2.12. The number of fused-ring (bicyclic) bond motifs is 1. The van der Waals surface area contributed by atoms with E-state index < -0.39 is 20.8 Å². The van der Waals surface area contributed by atoms with E-state index in [1.807, 2.05) is 0 Å². The van der Waals surface area contributed by atoms with Gasteiger partial charge in [-0.15, -0.1) is 0 Å². The Morgan fingerprint density at radius 1 is 1.28 bits per heavy atom. The zero-order valence-electron chi connectivity index (χ0n) is 9.62. The summed E-state index contributed by atoms with van der Waals surface area (Å²) in [7, 11) is -4.55. The first-order valence-electron chi connectivity index (χ1n) is 5.30. The van der Waals surface area contributed by atoms with Gasteiger partial charge in [-0.2, -0.15) is 8.42 Å². The summed E-state index contributed by atoms with van der Waals surface area (Å²) in [5.41, 5.74) is 0. The van der Waals surface area contributed by atoms with Gasteiger partial charge in [0.25, 0.3) is 0 Å². The molecule has 6 heteroatoms. The molecule has 0 atom stereocenters. The van der Waals surface area contributed by atoms with E-state index >= 15 is 0 Å². The van der Waals surface area contributed by atoms with Crippen LogP contribution < -0.4 is 4.74 Å². The highest BCUT2D eigenvalue weighted by atomic mass is 32.2. The molecular weight excluding hydrogens is 256 g/mol. The van der Waals surface area contributed by atoms with E-state index in [9.17, 15) is 13.5 Å². The van der Waals surface area contributed by atoms with Gasteiger partial charge in [0, 0.05) is 5.39 Å². The molecule has 0 spiro atoms. The number of hydrogen-bond donors (Lipinski definition) is 2. The molecule has 2 aromatic carbocycles. The Labute approximate surface area is 104 Å². The Morgan fingerprint density at radius 3 is 2.56 bits per heavy atom. The zero-order chi connectivity index (χ0) is 13.3. The van der Waals surface area contributed by atoms with Crippen LogP contribution in [0.2, 0.25) is 0 Å². The Bertz CT molecular complexity index is 691. The van der Waals surface area contributed by atoms with Crippen molar-refractivity contribution in [3.05, 3.63) is 30.3 Å². The van der Waals surface area contributed by atoms with Gasteiger partial charge < -0.3 is 9.84 Å². The summed E-state index contributed by atoms with van der Waals surface area (Å²) in [5.74, 6) is -0.560. The Morgan fingerprint density at radius 2 is 1.94 bits per heavy atom. The molecule has 0 saturated carbocycles. The average Bonchev–Trinajstić information content (AvgIpc) is 2.28. The molecule has 0 saturated heterocycles. The standard InChI is InChI=1S/C12H12O5S/c1-2-17-10-7-8-5-3-4-6-9(8)11(13)12(10)18(14,15)16/h3-7,13H,2H2,1H3,(H,14,15,16). The Kier molecular flexibility index (Phi) is 3.14. The number of hydrogen-bond acceptors (Lipinski definition) is 4. The molecule has 2 aromatic rings. The molecule has 0 aliphatic carbocycles. The van der Waals surface area contributed by atoms with Gasteiger partial charge in [0.2, 0.25) is 0 Å². The molecule has 2 N–H and O–H groups in total. The van der Waals surface area contributed by atoms with Crippen molar-refractivity contribution < 1.29 is 22.8 Å². The topological polar surface area (TPSA) is 83.8 Å². The molecule has 0 unspecified atom stereocenters. The molecular formula is C12H12O5S. The minimum atomic E-state index is -4.55. The summed E-state index contributed by atoms with van der Waals surface area (Å²) in [5, 5.41) is 10.9. The fraction of sp³-hybridized carbons (Fsp3) is 0.167. The number of phenols is 1. The number of phenolic OH excluding ortho intramolecular Hbond substituents is 1. The summed E-state index contributed by atoms with van der Waals surface area (Å²) < 4.78 is 36.9. The molecule has 0 aliphatic rings. The van der Waals surface area contributed by atoms with Gasteiger partial charge in [-0.25, -0.2) is 0 Å². The first kappa shape index (κ1) is 12.7. The van der Waals surface area contributed by atoms with Crippen molar-refractivity contribution in [2.24, 2.45) is 0 Å². The van der Waals surface area contributed by atoms with Crippen LogP contribution in [0.3, 0.4) is 0 Å². The SMILES string of the molecule is CCOc1cc2ccccc2c(O)c1S(=O)(=O)O. The Balaban J connectivity index is 2.88. The predicted octanol–water partition coefficient (Wildman–Crippen LogP) is 2.19. The highest BCUT2D eigenvalue weighted by Crippen LogP contribution is 2.39. The minimum Gasteiger partial charge on any atom is -0.506 e. The van der Waals surface area contributed by atoms with Crippen molar-refractivity contribution in [3.8, 4) is 11.5 Å². The zero-order valence-corrected chi connectivity index (χ0v) is 10.4. The van der Waals surface area contributed by atoms with E-state index in [-0.39, 0.29) is 12.4 Å². The lowest BCUT2D eigenvalue weighted by atomic mass is 10.1. The van der Waals surface area contributed by atoms with Crippen LogP contribution in [0.1, 0.15) is 6.92 Å². The molecule has 0 heterocycles. The lowest BCUT2D eigenvalue weighted by Gasteiger charge is -2.12. The molecule has 0 bridgehead atoms. The van der Waals surface area contributed by atoms with Crippen LogP contribution in [0.4, 0.5) is 0 Å². The van der Waals surface area contributed by atoms with Crippen LogP contribution in [-0.4, -0.2) is 24.7 Å². The quantitative estimate of drug-likeness (QED) is 0.834. The third-order valence-corrected chi connectivity index (χ3v) is 3.41. The third-order valence-electron chi connectivity index (χ3n) is 2.50. The monoisotopic (exact) mass is 268 g/mol. The average molecular weight is 268 g/mol. The lowest BCUT2D eigenvalue weighted by Crippen LogP contribution is -2.04. The van der Waals surface area contributed by atoms with E-state index in [0.717, 1.165) is 0 Å². The number of ether oxygens (including phenoxy) is 1. The number of benzene rings is 2. The smallest absolute Gasteiger partial charge is 0.301 e. The fourth-order valence-corrected chi connectivity index (χ4v) is 2.52. The highest BCUT2D eigenvalue weighted by molar-refractivity contribution is 7.86. The predicted molar refractivity (Wildman–Crippen MR) is 66.6 cm³/mol. The van der Waals surface area contributed by atoms with Gasteiger partial charge in [-0.3, -0.25) is 4.55 Å². The molecule has 0 aromatic heterocycles. The van der Waals surface area contributed by atoms with E-state index in [1.165, 1.54) is 6.07 Å². The summed E-state index contributed by atoms with van der Waals surface area (Å²) in [6.07, 6.45) is 0. The van der Waals surface area contributed by atoms with Gasteiger partial charge in [-0.05, 0) is 18.4 Å². The lowest BCUT2D eigenvalue weighted by molar-refractivity contribution is 0.324. The van der Waals surface area contributed by atoms with Crippen molar-refractivity contribution in [1.82, 2.24) is 0 Å². The van der Waals surface area contributed by atoms with Gasteiger partial charge in [0.05, 0.1) is 6.61 Å². The van der Waals surface area contributed by atoms with Crippen molar-refractivity contribution in [3.63, 3.8) is 0 Å². The van der Waals surface area contributed by atoms with Crippen LogP contribution in [-0.2, 0) is 10.1 Å². The normalized spacial score (nSPS) is 11.7. The van der Waals surface area contributed by atoms with Gasteiger partial charge in [0.15, 0.2) is 4.90 Å². The van der Waals surface area contributed by atoms with Crippen LogP contribution >= 0.6 is 0 Å². The molecule has 18 heavy (non-hydrogen) atoms. The first-order valence-corrected chi connectivity index (χ1v) is 6.74. The Hall–Kier alpha value is -1.79. The van der Waals surface area contributed by atoms with Crippen molar-refractivity contribution in [2.75, 3.05) is 6.61 Å². The summed E-state index contributed by atoms with van der Waals surface area (Å²) in [6, 6.07) is 8.17. The van der Waals surface area contributed by atoms with Crippen LogP contribution in [0.15, 0.2) is 35.2 Å². The van der Waals surface area contributed by atoms with Crippen LogP contribution in [0, 0.1) is 0 Å². The minimum absolute atomic E-state index is 0.0591. The van der Waals surface area contributed by atoms with Crippen LogP contribution in [0.25, 0.3) is 10.8 Å². The second-order valence-corrected chi connectivity index (χ2v) is 5.04. The van der Waals surface area contributed by atoms with E-state index in [2.05, 4.69) is 0 Å². The van der Waals surface area contributed by atoms with Crippen molar-refractivity contribution >= 4 is 20.9 Å². The van der Waals surface area contributed by atoms with Crippen molar-refractivity contribution in [1.29, 1.82) is 0 Å². The van der Waals surface area contributed by atoms with E-state index in [4.69, 9.17) is 9.29 Å². The van der Waals surface area contributed by atoms with Crippen molar-refractivity contribution in [2.45, 2.75) is 11.8 Å². The number of rotatable bonds is 3. The maximum Gasteiger partial charge on any atom is 0.301 e. The first-order chi connectivity index (χ1) is 8.45. The number of aromatic hydroxyl groups is 1. The van der Waals surface area contributed by atoms with Gasteiger partial charge in [0.1, 0.15) is 11.5 Å². The second kappa shape index (κ2) is 4.47. The molecule has 2 rings (SSSR count). The largest absolute Gasteiger partial charge is 0.506 e. The van der Waals surface area contributed by atoms with Gasteiger partial charge in [-0.1, -0.05) is 24.3 Å². The summed E-state index contributed by atoms with van der Waals surface area (Å²) in [4.78, 5) is -0.594. The fourth-order valence-electron chi connectivity index (χ4n) is 1.80. The summed E-state index contributed by atoms with van der Waals surface area (Å²) >= 11 is 0. The van der Waals surface area contributed by atoms with E-state index in [1.54, 1.807) is 31.2 Å². The molecule has 96 valence electrons. The summed E-state index contributed by atoms with van der Waals surface area (Å²) in [6.45, 7) is 1.90. The molecule has 0 radical (unpaired) electrons. The maximum atomic E-state index is 11.3.